The Kier molecular flexibility index (Phi) is 6.42. The van der Waals surface area contributed by atoms with Crippen molar-refractivity contribution in [2.45, 2.75) is 44.8 Å². The molecular weight excluding hydrogens is 350 g/mol. The molecule has 1 heterocycles. The van der Waals surface area contributed by atoms with Crippen molar-refractivity contribution < 1.29 is 9.59 Å². The first-order valence-corrected chi connectivity index (χ1v) is 9.43. The number of amides is 3. The predicted octanol–water partition coefficient (Wildman–Crippen LogP) is 2.81. The number of benzene rings is 1. The Morgan fingerprint density at radius 1 is 1.15 bits per heavy atom. The normalized spacial score (nSPS) is 11.3. The number of imide groups is 1. The molecule has 1 aromatic heterocycles. The third kappa shape index (κ3) is 4.85. The Hall–Kier alpha value is -2.35. The topological polar surface area (TPSA) is 88.9 Å². The van der Waals surface area contributed by atoms with Crippen LogP contribution in [0.1, 0.15) is 33.3 Å². The summed E-state index contributed by atoms with van der Waals surface area (Å²) in [7, 11) is 1.46. The zero-order valence-corrected chi connectivity index (χ0v) is 16.6. The number of urea groups is 1. The molecule has 2 aromatic rings. The monoisotopic (exact) mass is 375 g/mol. The molecule has 0 bridgehead atoms. The van der Waals surface area contributed by atoms with Gasteiger partial charge in [-0.2, -0.15) is 0 Å². The maximum Gasteiger partial charge on any atom is 0.321 e. The van der Waals surface area contributed by atoms with Crippen LogP contribution in [0.2, 0.25) is 0 Å². The molecule has 0 aliphatic heterocycles. The van der Waals surface area contributed by atoms with E-state index >= 15 is 0 Å². The van der Waals surface area contributed by atoms with Gasteiger partial charge in [0.1, 0.15) is 0 Å². The summed E-state index contributed by atoms with van der Waals surface area (Å²) in [6.45, 7) is 9.22. The highest BCUT2D eigenvalue weighted by atomic mass is 32.2. The molecule has 0 radical (unpaired) electrons. The molecule has 0 fully saturated rings. The maximum atomic E-state index is 11.7. The number of aromatic nitrogens is 3. The van der Waals surface area contributed by atoms with E-state index in [1.807, 2.05) is 23.6 Å². The largest absolute Gasteiger partial charge is 0.341 e. The fourth-order valence-electron chi connectivity index (χ4n) is 2.37. The van der Waals surface area contributed by atoms with Gasteiger partial charge < -0.3 is 9.88 Å². The second-order valence-electron chi connectivity index (χ2n) is 6.79. The van der Waals surface area contributed by atoms with Crippen molar-refractivity contribution in [2.75, 3.05) is 12.8 Å². The average Bonchev–Trinajstić information content (AvgIpc) is 3.02. The lowest BCUT2D eigenvalue weighted by Gasteiger charge is -2.19. The third-order valence-corrected chi connectivity index (χ3v) is 4.82. The fraction of sp³-hybridized carbons (Fsp3) is 0.444. The van der Waals surface area contributed by atoms with E-state index in [0.29, 0.717) is 11.7 Å². The van der Waals surface area contributed by atoms with Crippen LogP contribution in [0.5, 0.6) is 0 Å². The minimum absolute atomic E-state index is 0.0918. The van der Waals surface area contributed by atoms with Crippen LogP contribution in [0.3, 0.4) is 0 Å². The minimum Gasteiger partial charge on any atom is -0.341 e. The van der Waals surface area contributed by atoms with Gasteiger partial charge in [0.05, 0.1) is 5.75 Å². The van der Waals surface area contributed by atoms with Crippen molar-refractivity contribution in [3.05, 3.63) is 29.8 Å². The molecule has 140 valence electrons. The summed E-state index contributed by atoms with van der Waals surface area (Å²) in [4.78, 5) is 22.9. The van der Waals surface area contributed by atoms with E-state index in [2.05, 4.69) is 53.7 Å². The van der Waals surface area contributed by atoms with Crippen LogP contribution in [-0.2, 0) is 16.8 Å². The van der Waals surface area contributed by atoms with Crippen LogP contribution in [0.25, 0.3) is 11.4 Å². The van der Waals surface area contributed by atoms with Crippen molar-refractivity contribution in [2.24, 2.45) is 0 Å². The Morgan fingerprint density at radius 3 is 2.35 bits per heavy atom. The number of nitrogens with zero attached hydrogens (tertiary/aromatic N) is 3. The molecule has 0 saturated heterocycles. The molecule has 8 heteroatoms. The molecule has 0 saturated carbocycles. The lowest BCUT2D eigenvalue weighted by atomic mass is 9.87. The van der Waals surface area contributed by atoms with Gasteiger partial charge in [-0.1, -0.05) is 56.8 Å². The molecule has 0 aliphatic carbocycles. The highest BCUT2D eigenvalue weighted by Gasteiger charge is 2.17. The summed E-state index contributed by atoms with van der Waals surface area (Å²) in [6.07, 6.45) is 0. The molecule has 0 atom stereocenters. The first-order chi connectivity index (χ1) is 12.3. The second-order valence-corrected chi connectivity index (χ2v) is 7.74. The van der Waals surface area contributed by atoms with Gasteiger partial charge in [0.15, 0.2) is 11.0 Å². The van der Waals surface area contributed by atoms with Gasteiger partial charge in [0, 0.05) is 19.2 Å². The van der Waals surface area contributed by atoms with Gasteiger partial charge in [0.25, 0.3) is 0 Å². The van der Waals surface area contributed by atoms with Gasteiger partial charge in [-0.15, -0.1) is 10.2 Å². The quantitative estimate of drug-likeness (QED) is 0.785. The highest BCUT2D eigenvalue weighted by Crippen LogP contribution is 2.27. The van der Waals surface area contributed by atoms with E-state index < -0.39 is 6.03 Å². The van der Waals surface area contributed by atoms with E-state index in [0.717, 1.165) is 11.4 Å². The molecule has 2 rings (SSSR count). The van der Waals surface area contributed by atoms with Crippen LogP contribution >= 0.6 is 11.8 Å². The van der Waals surface area contributed by atoms with Gasteiger partial charge in [-0.3, -0.25) is 10.1 Å². The number of hydrogen-bond donors (Lipinski definition) is 2. The molecule has 26 heavy (non-hydrogen) atoms. The van der Waals surface area contributed by atoms with Crippen molar-refractivity contribution in [3.63, 3.8) is 0 Å². The lowest BCUT2D eigenvalue weighted by Crippen LogP contribution is -2.38. The Balaban J connectivity index is 2.15. The van der Waals surface area contributed by atoms with Crippen molar-refractivity contribution in [1.29, 1.82) is 0 Å². The van der Waals surface area contributed by atoms with Gasteiger partial charge in [-0.05, 0) is 17.9 Å². The SMILES string of the molecule is CCn1c(SCC(=O)NC(=O)NC)nnc1-c1ccc(C(C)(C)C)cc1. The molecular formula is C18H25N5O2S. The second kappa shape index (κ2) is 8.35. The van der Waals surface area contributed by atoms with Crippen LogP contribution in [0, 0.1) is 0 Å². The van der Waals surface area contributed by atoms with E-state index in [4.69, 9.17) is 0 Å². The minimum atomic E-state index is -0.521. The zero-order chi connectivity index (χ0) is 19.3. The van der Waals surface area contributed by atoms with Crippen molar-refractivity contribution in [3.8, 4) is 11.4 Å². The van der Waals surface area contributed by atoms with E-state index in [1.54, 1.807) is 0 Å². The maximum absolute atomic E-state index is 11.7. The summed E-state index contributed by atoms with van der Waals surface area (Å²) in [5.74, 6) is 0.479. The molecule has 1 aromatic carbocycles. The number of thioether (sulfide) groups is 1. The van der Waals surface area contributed by atoms with Crippen LogP contribution < -0.4 is 10.6 Å². The van der Waals surface area contributed by atoms with Gasteiger partial charge in [0.2, 0.25) is 5.91 Å². The first-order valence-electron chi connectivity index (χ1n) is 8.44. The molecule has 3 amide bonds. The Labute approximate surface area is 158 Å². The van der Waals surface area contributed by atoms with E-state index in [9.17, 15) is 9.59 Å². The van der Waals surface area contributed by atoms with Gasteiger partial charge in [-0.25, -0.2) is 4.79 Å². The summed E-state index contributed by atoms with van der Waals surface area (Å²) in [5.41, 5.74) is 2.33. The standard InChI is InChI=1S/C18H25N5O2S/c1-6-23-15(12-7-9-13(10-8-12)18(2,3)4)21-22-17(23)26-11-14(24)20-16(25)19-5/h7-10H,6,11H2,1-5H3,(H2,19,20,24,25). The number of nitrogens with one attached hydrogen (secondary N) is 2. The number of carbonyl (C=O) groups is 2. The number of rotatable bonds is 5. The molecule has 7 nitrogen and oxygen atoms in total. The Morgan fingerprint density at radius 2 is 1.81 bits per heavy atom. The smallest absolute Gasteiger partial charge is 0.321 e. The summed E-state index contributed by atoms with van der Waals surface area (Å²) in [6, 6.07) is 7.78. The van der Waals surface area contributed by atoms with Gasteiger partial charge >= 0.3 is 6.03 Å². The van der Waals surface area contributed by atoms with Crippen LogP contribution in [-0.4, -0.2) is 39.5 Å². The van der Waals surface area contributed by atoms with Crippen molar-refractivity contribution in [1.82, 2.24) is 25.4 Å². The van der Waals surface area contributed by atoms with E-state index in [-0.39, 0.29) is 17.1 Å². The van der Waals surface area contributed by atoms with Crippen LogP contribution in [0.15, 0.2) is 29.4 Å². The summed E-state index contributed by atoms with van der Waals surface area (Å²) in [5, 5.41) is 13.7. The third-order valence-electron chi connectivity index (χ3n) is 3.85. The van der Waals surface area contributed by atoms with E-state index in [1.165, 1.54) is 24.4 Å². The summed E-state index contributed by atoms with van der Waals surface area (Å²) >= 11 is 1.25. The summed E-state index contributed by atoms with van der Waals surface area (Å²) < 4.78 is 1.96. The highest BCUT2D eigenvalue weighted by molar-refractivity contribution is 7.99. The Bertz CT molecular complexity index is 778. The molecule has 0 spiro atoms. The predicted molar refractivity (Wildman–Crippen MR) is 103 cm³/mol. The lowest BCUT2D eigenvalue weighted by molar-refractivity contribution is -0.117. The molecule has 0 aliphatic rings. The zero-order valence-electron chi connectivity index (χ0n) is 15.8. The fourth-order valence-corrected chi connectivity index (χ4v) is 3.17. The molecule has 2 N–H and O–H groups in total. The molecule has 0 unspecified atom stereocenters. The van der Waals surface area contributed by atoms with Crippen molar-refractivity contribution >= 4 is 23.7 Å². The van der Waals surface area contributed by atoms with Crippen LogP contribution in [0.4, 0.5) is 4.79 Å². The first kappa shape index (κ1) is 20.0. The number of carbonyl (C=O) groups excluding carboxylic acids is 2. The average molecular weight is 375 g/mol. The number of hydrogen-bond acceptors (Lipinski definition) is 5.